The molecule has 6 heteroatoms. The molecule has 0 bridgehead atoms. The highest BCUT2D eigenvalue weighted by Gasteiger charge is 2.36. The Labute approximate surface area is 219 Å². The van der Waals surface area contributed by atoms with Gasteiger partial charge in [0, 0.05) is 45.2 Å². The maximum atomic E-state index is 14.2. The molecule has 0 saturated heterocycles. The van der Waals surface area contributed by atoms with Crippen LogP contribution in [0.2, 0.25) is 5.02 Å². The van der Waals surface area contributed by atoms with E-state index in [1.807, 2.05) is 66.9 Å². The van der Waals surface area contributed by atoms with Crippen molar-refractivity contribution in [3.05, 3.63) is 137 Å². The van der Waals surface area contributed by atoms with E-state index in [1.54, 1.807) is 42.5 Å². The molecule has 1 unspecified atom stereocenters. The van der Waals surface area contributed by atoms with Gasteiger partial charge in [-0.05, 0) is 42.0 Å². The Bertz CT molecular complexity index is 1660. The second-order valence-electron chi connectivity index (χ2n) is 8.93. The molecule has 1 aliphatic rings. The summed E-state index contributed by atoms with van der Waals surface area (Å²) in [6.07, 6.45) is 2.24. The molecule has 1 aliphatic heterocycles. The molecular formula is C31H22ClN3O2. The molecule has 180 valence electrons. The molecule has 5 nitrogen and oxygen atoms in total. The number of carbonyl (C=O) groups excluding carboxylic acids is 2. The van der Waals surface area contributed by atoms with E-state index in [9.17, 15) is 9.59 Å². The van der Waals surface area contributed by atoms with Gasteiger partial charge < -0.3 is 4.98 Å². The number of benzodiazepines with no additional fused rings is 1. The first-order valence-corrected chi connectivity index (χ1v) is 12.4. The van der Waals surface area contributed by atoms with E-state index in [2.05, 4.69) is 4.98 Å². The highest BCUT2D eigenvalue weighted by Crippen LogP contribution is 2.33. The van der Waals surface area contributed by atoms with Crippen molar-refractivity contribution in [2.45, 2.75) is 12.5 Å². The van der Waals surface area contributed by atoms with Gasteiger partial charge in [0.05, 0.1) is 11.4 Å². The maximum absolute atomic E-state index is 14.2. The normalized spacial score (nSPS) is 15.3. The van der Waals surface area contributed by atoms with Crippen molar-refractivity contribution in [1.29, 1.82) is 0 Å². The Morgan fingerprint density at radius 3 is 2.38 bits per heavy atom. The van der Waals surface area contributed by atoms with Gasteiger partial charge in [0.2, 0.25) is 0 Å². The highest BCUT2D eigenvalue weighted by atomic mass is 35.5. The Morgan fingerprint density at radius 2 is 1.59 bits per heavy atom. The molecule has 0 aliphatic carbocycles. The van der Waals surface area contributed by atoms with Gasteiger partial charge in [0.25, 0.3) is 11.8 Å². The van der Waals surface area contributed by atoms with Crippen molar-refractivity contribution in [2.24, 2.45) is 4.99 Å². The van der Waals surface area contributed by atoms with Crippen LogP contribution in [0.3, 0.4) is 0 Å². The van der Waals surface area contributed by atoms with Crippen LogP contribution in [0.25, 0.3) is 10.9 Å². The number of hydrogen-bond acceptors (Lipinski definition) is 3. The highest BCUT2D eigenvalue weighted by molar-refractivity contribution is 6.33. The van der Waals surface area contributed by atoms with Crippen LogP contribution in [0, 0.1) is 0 Å². The number of rotatable bonds is 4. The average molecular weight is 504 g/mol. The topological polar surface area (TPSA) is 65.5 Å². The largest absolute Gasteiger partial charge is 0.361 e. The third kappa shape index (κ3) is 4.24. The lowest BCUT2D eigenvalue weighted by atomic mass is 10.00. The smallest absolute Gasteiger partial charge is 0.265 e. The Kier molecular flexibility index (Phi) is 5.91. The van der Waals surface area contributed by atoms with E-state index in [0.29, 0.717) is 34.0 Å². The number of carbonyl (C=O) groups is 2. The van der Waals surface area contributed by atoms with E-state index in [4.69, 9.17) is 16.6 Å². The lowest BCUT2D eigenvalue weighted by Gasteiger charge is -2.23. The third-order valence-corrected chi connectivity index (χ3v) is 6.84. The molecular weight excluding hydrogens is 482 g/mol. The lowest BCUT2D eigenvalue weighted by Crippen LogP contribution is -2.43. The van der Waals surface area contributed by atoms with Crippen molar-refractivity contribution in [3.63, 3.8) is 0 Å². The number of H-pyrrole nitrogens is 1. The van der Waals surface area contributed by atoms with Gasteiger partial charge in [-0.2, -0.15) is 0 Å². The molecule has 37 heavy (non-hydrogen) atoms. The Balaban J connectivity index is 1.55. The van der Waals surface area contributed by atoms with Crippen LogP contribution in [0.5, 0.6) is 0 Å². The molecule has 0 saturated carbocycles. The zero-order valence-corrected chi connectivity index (χ0v) is 20.5. The second-order valence-corrected chi connectivity index (χ2v) is 9.37. The summed E-state index contributed by atoms with van der Waals surface area (Å²) in [5.74, 6) is -0.781. The minimum atomic E-state index is -0.826. The fourth-order valence-electron chi connectivity index (χ4n) is 4.83. The Morgan fingerprint density at radius 1 is 0.892 bits per heavy atom. The van der Waals surface area contributed by atoms with E-state index < -0.39 is 11.9 Å². The fraction of sp³-hybridized carbons (Fsp3) is 0.0645. The molecule has 1 N–H and O–H groups in total. The monoisotopic (exact) mass is 503 g/mol. The summed E-state index contributed by atoms with van der Waals surface area (Å²) >= 11 is 6.43. The summed E-state index contributed by atoms with van der Waals surface area (Å²) in [4.78, 5) is 37.6. The van der Waals surface area contributed by atoms with Gasteiger partial charge in [-0.25, -0.2) is 4.90 Å². The summed E-state index contributed by atoms with van der Waals surface area (Å²) in [5, 5.41) is 1.52. The van der Waals surface area contributed by atoms with Crippen LogP contribution in [0.15, 0.2) is 114 Å². The minimum absolute atomic E-state index is 0.333. The number of hydrogen-bond donors (Lipinski definition) is 1. The first-order chi connectivity index (χ1) is 18.1. The van der Waals surface area contributed by atoms with Crippen molar-refractivity contribution in [1.82, 2.24) is 4.98 Å². The van der Waals surface area contributed by atoms with Crippen molar-refractivity contribution < 1.29 is 9.59 Å². The number of imide groups is 1. The molecule has 2 amide bonds. The number of fused-ring (bicyclic) bond motifs is 2. The standard InChI is InChI=1S/C31H22ClN3O2/c32-23-15-16-28-25(18-23)29(20-9-3-1-4-10-20)34-27(17-22-19-33-26-14-8-7-13-24(22)26)31(37)35(28)30(36)21-11-5-2-6-12-21/h1-16,18-19,27,33H,17H2. The number of halogens is 1. The predicted molar refractivity (Wildman–Crippen MR) is 148 cm³/mol. The molecule has 2 heterocycles. The second kappa shape index (κ2) is 9.52. The van der Waals surface area contributed by atoms with Crippen molar-refractivity contribution in [2.75, 3.05) is 4.90 Å². The number of amides is 2. The van der Waals surface area contributed by atoms with Crippen molar-refractivity contribution >= 4 is 45.7 Å². The van der Waals surface area contributed by atoms with Gasteiger partial charge in [0.1, 0.15) is 6.04 Å². The fourth-order valence-corrected chi connectivity index (χ4v) is 5.00. The van der Waals surface area contributed by atoms with Gasteiger partial charge in [-0.1, -0.05) is 78.3 Å². The average Bonchev–Trinajstić information content (AvgIpc) is 3.30. The van der Waals surface area contributed by atoms with Crippen LogP contribution in [0.1, 0.15) is 27.0 Å². The van der Waals surface area contributed by atoms with E-state index in [0.717, 1.165) is 22.0 Å². The number of para-hydroxylation sites is 1. The van der Waals surface area contributed by atoms with Gasteiger partial charge in [-0.3, -0.25) is 14.6 Å². The molecule has 5 aromatic rings. The number of aliphatic imine (C=N–C) groups is 1. The van der Waals surface area contributed by atoms with Gasteiger partial charge in [0.15, 0.2) is 0 Å². The van der Waals surface area contributed by atoms with Gasteiger partial charge >= 0.3 is 0 Å². The van der Waals surface area contributed by atoms with Gasteiger partial charge in [-0.15, -0.1) is 0 Å². The summed E-state index contributed by atoms with van der Waals surface area (Å²) in [6, 6.07) is 30.8. The summed E-state index contributed by atoms with van der Waals surface area (Å²) in [5.41, 5.74) is 4.94. The molecule has 0 radical (unpaired) electrons. The zero-order chi connectivity index (χ0) is 25.4. The lowest BCUT2D eigenvalue weighted by molar-refractivity contribution is -0.119. The van der Waals surface area contributed by atoms with Crippen LogP contribution < -0.4 is 4.90 Å². The van der Waals surface area contributed by atoms with Crippen LogP contribution in [-0.4, -0.2) is 28.6 Å². The van der Waals surface area contributed by atoms with E-state index >= 15 is 0 Å². The molecule has 4 aromatic carbocycles. The zero-order valence-electron chi connectivity index (χ0n) is 19.8. The van der Waals surface area contributed by atoms with Crippen molar-refractivity contribution in [3.8, 4) is 0 Å². The number of benzene rings is 4. The SMILES string of the molecule is O=C(c1ccccc1)N1C(=O)C(Cc2c[nH]c3ccccc23)N=C(c2ccccc2)c2cc(Cl)ccc21. The van der Waals surface area contributed by atoms with E-state index in [1.165, 1.54) is 4.90 Å². The first kappa shape index (κ1) is 23.0. The quantitative estimate of drug-likeness (QED) is 0.286. The molecule has 0 spiro atoms. The number of anilines is 1. The minimum Gasteiger partial charge on any atom is -0.361 e. The molecule has 6 rings (SSSR count). The molecule has 1 atom stereocenters. The molecule has 0 fully saturated rings. The summed E-state index contributed by atoms with van der Waals surface area (Å²) in [6.45, 7) is 0. The van der Waals surface area contributed by atoms with Crippen LogP contribution >= 0.6 is 11.6 Å². The summed E-state index contributed by atoms with van der Waals surface area (Å²) in [7, 11) is 0. The van der Waals surface area contributed by atoms with Crippen LogP contribution in [-0.2, 0) is 11.2 Å². The van der Waals surface area contributed by atoms with E-state index in [-0.39, 0.29) is 5.91 Å². The third-order valence-electron chi connectivity index (χ3n) is 6.60. The Hall–Kier alpha value is -4.48. The summed E-state index contributed by atoms with van der Waals surface area (Å²) < 4.78 is 0. The predicted octanol–water partition coefficient (Wildman–Crippen LogP) is 6.46. The maximum Gasteiger partial charge on any atom is 0.265 e. The van der Waals surface area contributed by atoms with Crippen LogP contribution in [0.4, 0.5) is 5.69 Å². The number of aromatic nitrogens is 1. The molecule has 1 aromatic heterocycles. The first-order valence-electron chi connectivity index (χ1n) is 12.0. The number of nitrogens with zero attached hydrogens (tertiary/aromatic N) is 2. The number of nitrogens with one attached hydrogen (secondary N) is 1. The number of aromatic amines is 1.